The standard InChI is InChI=1S/C27H24Cl2N8O2/c1-16-5-4-8-21(27-33-25(26(29)34-27)19-6-2-3-7-20(19)31-24(39)13-16)32-23(38)12-9-17-14-18(28)10-11-22(17)37-15-30-35-36-37/h2-7,9-12,14-16,21H,8,13H2,1H3,(H,31,39)(H,32,38)(H,33,34)/b5-4?,12-9+/t16?,21-/m0/s1. The zero-order valence-corrected chi connectivity index (χ0v) is 22.3. The molecule has 4 aromatic rings. The Morgan fingerprint density at radius 1 is 1.21 bits per heavy atom. The van der Waals surface area contributed by atoms with Crippen molar-refractivity contribution in [3.05, 3.63) is 88.6 Å². The normalized spacial score (nSPS) is 17.6. The highest BCUT2D eigenvalue weighted by atomic mass is 35.5. The Kier molecular flexibility index (Phi) is 7.85. The minimum absolute atomic E-state index is 0.00317. The van der Waals surface area contributed by atoms with Crippen molar-refractivity contribution < 1.29 is 9.59 Å². The number of anilines is 1. The average molecular weight is 563 g/mol. The van der Waals surface area contributed by atoms with Gasteiger partial charge in [0.15, 0.2) is 0 Å². The number of benzene rings is 2. The molecule has 2 atom stereocenters. The first-order chi connectivity index (χ1) is 18.9. The predicted molar refractivity (Wildman–Crippen MR) is 149 cm³/mol. The molecule has 0 spiro atoms. The molecule has 0 aliphatic carbocycles. The first-order valence-corrected chi connectivity index (χ1v) is 13.0. The van der Waals surface area contributed by atoms with Crippen molar-refractivity contribution in [1.29, 1.82) is 0 Å². The van der Waals surface area contributed by atoms with Gasteiger partial charge in [-0.1, -0.05) is 60.5 Å². The summed E-state index contributed by atoms with van der Waals surface area (Å²) in [5, 5.41) is 18.0. The molecular formula is C27H24Cl2N8O2. The summed E-state index contributed by atoms with van der Waals surface area (Å²) in [6.45, 7) is 1.96. The van der Waals surface area contributed by atoms with E-state index in [0.29, 0.717) is 57.0 Å². The number of nitrogens with zero attached hydrogens (tertiary/aromatic N) is 5. The minimum Gasteiger partial charge on any atom is -0.342 e. The van der Waals surface area contributed by atoms with Crippen LogP contribution in [0.3, 0.4) is 0 Å². The molecular weight excluding hydrogens is 539 g/mol. The highest BCUT2D eigenvalue weighted by Crippen LogP contribution is 2.34. The summed E-state index contributed by atoms with van der Waals surface area (Å²) in [4.78, 5) is 33.5. The summed E-state index contributed by atoms with van der Waals surface area (Å²) in [6.07, 6.45) is 9.14. The number of tetrazole rings is 1. The smallest absolute Gasteiger partial charge is 0.244 e. The molecule has 1 aliphatic rings. The number of halogens is 2. The maximum absolute atomic E-state index is 13.1. The Morgan fingerprint density at radius 2 is 2.05 bits per heavy atom. The van der Waals surface area contributed by atoms with Crippen molar-refractivity contribution in [2.75, 3.05) is 5.32 Å². The van der Waals surface area contributed by atoms with Gasteiger partial charge >= 0.3 is 0 Å². The molecule has 1 unspecified atom stereocenters. The van der Waals surface area contributed by atoms with Crippen LogP contribution in [-0.2, 0) is 9.59 Å². The molecule has 2 bridgehead atoms. The fourth-order valence-electron chi connectivity index (χ4n) is 4.28. The van der Waals surface area contributed by atoms with Gasteiger partial charge < -0.3 is 15.6 Å². The Balaban J connectivity index is 1.44. The first kappa shape index (κ1) is 26.3. The predicted octanol–water partition coefficient (Wildman–Crippen LogP) is 5.15. The number of hydrogen-bond acceptors (Lipinski definition) is 6. The second-order valence-electron chi connectivity index (χ2n) is 9.08. The Hall–Kier alpha value is -4.28. The summed E-state index contributed by atoms with van der Waals surface area (Å²) in [5.74, 6) is 0.0330. The zero-order valence-electron chi connectivity index (χ0n) is 20.8. The third-order valence-electron chi connectivity index (χ3n) is 6.12. The van der Waals surface area contributed by atoms with Crippen molar-refractivity contribution >= 4 is 46.8 Å². The molecule has 3 heterocycles. The molecule has 2 amide bonds. The monoisotopic (exact) mass is 562 g/mol. The number of fused-ring (bicyclic) bond motifs is 4. The van der Waals surface area contributed by atoms with Crippen molar-refractivity contribution in [2.45, 2.75) is 25.8 Å². The lowest BCUT2D eigenvalue weighted by atomic mass is 10.0. The molecule has 2 aromatic carbocycles. The zero-order chi connectivity index (χ0) is 27.4. The third-order valence-corrected chi connectivity index (χ3v) is 6.63. The van der Waals surface area contributed by atoms with Gasteiger partial charge in [-0.2, -0.15) is 4.68 Å². The van der Waals surface area contributed by atoms with E-state index in [1.54, 1.807) is 24.3 Å². The highest BCUT2D eigenvalue weighted by molar-refractivity contribution is 6.32. The molecule has 0 saturated carbocycles. The van der Waals surface area contributed by atoms with Crippen LogP contribution in [0.4, 0.5) is 5.69 Å². The van der Waals surface area contributed by atoms with E-state index in [4.69, 9.17) is 28.2 Å². The van der Waals surface area contributed by atoms with Gasteiger partial charge in [0.1, 0.15) is 23.0 Å². The van der Waals surface area contributed by atoms with Crippen LogP contribution in [0.5, 0.6) is 0 Å². The lowest BCUT2D eigenvalue weighted by Crippen LogP contribution is -2.27. The van der Waals surface area contributed by atoms with Gasteiger partial charge in [-0.25, -0.2) is 4.98 Å². The van der Waals surface area contributed by atoms with Crippen LogP contribution >= 0.6 is 23.2 Å². The summed E-state index contributed by atoms with van der Waals surface area (Å²) in [7, 11) is 0. The number of carbonyl (C=O) groups is 2. The number of aromatic nitrogens is 6. The van der Waals surface area contributed by atoms with E-state index >= 15 is 0 Å². The lowest BCUT2D eigenvalue weighted by molar-refractivity contribution is -0.117. The quantitative estimate of drug-likeness (QED) is 0.233. The second kappa shape index (κ2) is 11.6. The summed E-state index contributed by atoms with van der Waals surface area (Å²) >= 11 is 12.7. The van der Waals surface area contributed by atoms with Crippen molar-refractivity contribution in [3.8, 4) is 16.9 Å². The van der Waals surface area contributed by atoms with E-state index in [2.05, 4.69) is 31.1 Å². The van der Waals surface area contributed by atoms with Crippen LogP contribution < -0.4 is 10.6 Å². The molecule has 198 valence electrons. The summed E-state index contributed by atoms with van der Waals surface area (Å²) in [6, 6.07) is 12.0. The maximum Gasteiger partial charge on any atom is 0.244 e. The van der Waals surface area contributed by atoms with Gasteiger partial charge in [0.25, 0.3) is 0 Å². The van der Waals surface area contributed by atoms with Crippen LogP contribution in [0.15, 0.2) is 67.0 Å². The minimum atomic E-state index is -0.508. The molecule has 2 aromatic heterocycles. The average Bonchev–Trinajstić information content (AvgIpc) is 3.57. The number of imidazole rings is 1. The van der Waals surface area contributed by atoms with Crippen LogP contribution in [-0.4, -0.2) is 42.0 Å². The fraction of sp³-hybridized carbons (Fsp3) is 0.185. The first-order valence-electron chi connectivity index (χ1n) is 12.2. The van der Waals surface area contributed by atoms with Gasteiger partial charge in [0.05, 0.1) is 17.4 Å². The number of allylic oxidation sites excluding steroid dienone is 1. The van der Waals surface area contributed by atoms with Crippen LogP contribution in [0.25, 0.3) is 23.0 Å². The molecule has 10 nitrogen and oxygen atoms in total. The molecule has 1 aliphatic heterocycles. The van der Waals surface area contributed by atoms with Gasteiger partial charge in [0.2, 0.25) is 11.8 Å². The Bertz CT molecular complexity index is 1560. The topological polar surface area (TPSA) is 130 Å². The van der Waals surface area contributed by atoms with Crippen LogP contribution in [0, 0.1) is 5.92 Å². The van der Waals surface area contributed by atoms with E-state index in [1.165, 1.54) is 17.1 Å². The maximum atomic E-state index is 13.1. The van der Waals surface area contributed by atoms with Crippen molar-refractivity contribution in [1.82, 2.24) is 35.5 Å². The van der Waals surface area contributed by atoms with E-state index in [0.717, 1.165) is 0 Å². The molecule has 0 radical (unpaired) electrons. The summed E-state index contributed by atoms with van der Waals surface area (Å²) < 4.78 is 1.49. The molecule has 12 heteroatoms. The fourth-order valence-corrected chi connectivity index (χ4v) is 4.70. The number of hydrogen-bond donors (Lipinski definition) is 3. The number of rotatable bonds is 4. The Labute approximate surface area is 234 Å². The van der Waals surface area contributed by atoms with E-state index in [9.17, 15) is 9.59 Å². The third kappa shape index (κ3) is 6.24. The van der Waals surface area contributed by atoms with Crippen LogP contribution in [0.1, 0.15) is 37.2 Å². The van der Waals surface area contributed by atoms with Crippen LogP contribution in [0.2, 0.25) is 10.2 Å². The van der Waals surface area contributed by atoms with E-state index < -0.39 is 6.04 Å². The molecule has 5 rings (SSSR count). The molecule has 39 heavy (non-hydrogen) atoms. The number of aromatic amines is 1. The van der Waals surface area contributed by atoms with E-state index in [-0.39, 0.29) is 17.7 Å². The van der Waals surface area contributed by atoms with Gasteiger partial charge in [-0.3, -0.25) is 9.59 Å². The molecule has 0 saturated heterocycles. The molecule has 0 fully saturated rings. The van der Waals surface area contributed by atoms with Gasteiger partial charge in [-0.15, -0.1) is 5.10 Å². The number of amides is 2. The van der Waals surface area contributed by atoms with Crippen molar-refractivity contribution in [2.24, 2.45) is 5.92 Å². The highest BCUT2D eigenvalue weighted by Gasteiger charge is 2.22. The second-order valence-corrected chi connectivity index (χ2v) is 9.89. The number of H-pyrrole nitrogens is 1. The van der Waals surface area contributed by atoms with E-state index in [1.807, 2.05) is 43.3 Å². The molecule has 3 N–H and O–H groups in total. The lowest BCUT2D eigenvalue weighted by Gasteiger charge is -2.14. The van der Waals surface area contributed by atoms with Gasteiger partial charge in [0, 0.05) is 28.6 Å². The number of para-hydroxylation sites is 1. The van der Waals surface area contributed by atoms with Gasteiger partial charge in [-0.05, 0) is 53.1 Å². The number of nitrogens with one attached hydrogen (secondary N) is 3. The van der Waals surface area contributed by atoms with Crippen molar-refractivity contribution in [3.63, 3.8) is 0 Å². The SMILES string of the molecule is CC1C=CC[C@H](NC(=O)/C=C/c2cc(Cl)ccc2-n2cnnn2)c2nc(c(Cl)[nH]2)-c2ccccc2NC(=O)C1. The summed E-state index contributed by atoms with van der Waals surface area (Å²) in [5.41, 5.74) is 3.10. The Morgan fingerprint density at radius 3 is 2.87 bits per heavy atom. The number of carbonyl (C=O) groups excluding carboxylic acids is 2. The largest absolute Gasteiger partial charge is 0.342 e.